The van der Waals surface area contributed by atoms with Crippen LogP contribution in [0.4, 0.5) is 0 Å². The molecule has 0 spiro atoms. The van der Waals surface area contributed by atoms with Gasteiger partial charge in [0.05, 0.1) is 0 Å². The second-order valence-electron chi connectivity index (χ2n) is 8.94. The summed E-state index contributed by atoms with van der Waals surface area (Å²) in [6.07, 6.45) is 21.8. The minimum atomic E-state index is -0.826. The molecule has 4 aliphatic carbocycles. The molecule has 0 aromatic heterocycles. The zero-order valence-electron chi connectivity index (χ0n) is 21.9. The van der Waals surface area contributed by atoms with Gasteiger partial charge >= 0.3 is 37.9 Å². The van der Waals surface area contributed by atoms with Gasteiger partial charge in [0.15, 0.2) is 0 Å². The predicted octanol–water partition coefficient (Wildman–Crippen LogP) is 12.1. The van der Waals surface area contributed by atoms with Crippen molar-refractivity contribution in [1.29, 1.82) is 0 Å². The molecule has 0 amide bonds. The summed E-state index contributed by atoms with van der Waals surface area (Å²) in [6, 6.07) is 0. The second kappa shape index (κ2) is 22.6. The van der Waals surface area contributed by atoms with Crippen molar-refractivity contribution in [2.45, 2.75) is 92.9 Å². The maximum atomic E-state index is 4.93. The number of rotatable bonds is 2. The van der Waals surface area contributed by atoms with E-state index in [1.165, 1.54) is 51.4 Å². The summed E-state index contributed by atoms with van der Waals surface area (Å²) in [7, 11) is 9.87. The predicted molar refractivity (Wildman–Crippen MR) is 165 cm³/mol. The van der Waals surface area contributed by atoms with Crippen LogP contribution in [-0.2, 0) is 20.8 Å². The fourth-order valence-corrected chi connectivity index (χ4v) is 6.82. The summed E-state index contributed by atoms with van der Waals surface area (Å²) in [5, 5.41) is 0. The van der Waals surface area contributed by atoms with Crippen molar-refractivity contribution in [2.24, 2.45) is 40.9 Å². The van der Waals surface area contributed by atoms with Crippen LogP contribution in [0, 0.1) is 55.8 Å². The Morgan fingerprint density at radius 3 is 1.56 bits per heavy atom. The van der Waals surface area contributed by atoms with Crippen LogP contribution >= 0.6 is 54.3 Å². The number of allylic oxidation sites excluding steroid dienone is 4. The van der Waals surface area contributed by atoms with Crippen molar-refractivity contribution in [2.75, 3.05) is 0 Å². The Kier molecular flexibility index (Phi) is 27.5. The Labute approximate surface area is 245 Å². The molecule has 0 aromatic carbocycles. The number of halogens is 4. The zero-order chi connectivity index (χ0) is 23.2. The maximum absolute atomic E-state index is 4.93. The van der Waals surface area contributed by atoms with Crippen molar-refractivity contribution < 1.29 is 20.8 Å². The van der Waals surface area contributed by atoms with Crippen LogP contribution in [-0.4, -0.2) is 0 Å². The molecular weight excluding hydrogens is 740 g/mol. The second-order valence-corrected chi connectivity index (χ2v) is 12.7. The van der Waals surface area contributed by atoms with Gasteiger partial charge in [0.1, 0.15) is 0 Å². The Morgan fingerprint density at radius 1 is 0.719 bits per heavy atom. The Morgan fingerprint density at radius 2 is 1.09 bits per heavy atom. The van der Waals surface area contributed by atoms with Crippen LogP contribution in [0.2, 0.25) is 0 Å². The molecule has 3 fully saturated rings. The number of hydrogen-bond donors (Lipinski definition) is 0. The van der Waals surface area contributed by atoms with Crippen LogP contribution < -0.4 is 0 Å². The van der Waals surface area contributed by atoms with E-state index in [0.717, 1.165) is 35.5 Å². The van der Waals surface area contributed by atoms with E-state index in [-0.39, 0.29) is 14.9 Å². The van der Waals surface area contributed by atoms with Gasteiger partial charge in [0.2, 0.25) is 0 Å². The van der Waals surface area contributed by atoms with Gasteiger partial charge < -0.3 is 14.9 Å². The van der Waals surface area contributed by atoms with Gasteiger partial charge in [-0.25, -0.2) is 0 Å². The van der Waals surface area contributed by atoms with Crippen LogP contribution in [0.3, 0.4) is 0 Å². The average Bonchev–Trinajstić information content (AvgIpc) is 3.46. The molecule has 190 valence electrons. The Balaban J connectivity index is -0.000000682. The van der Waals surface area contributed by atoms with Crippen LogP contribution in [0.5, 0.6) is 0 Å². The van der Waals surface area contributed by atoms with E-state index in [0.29, 0.717) is 5.41 Å². The molecule has 0 aromatic rings. The van der Waals surface area contributed by atoms with Gasteiger partial charge in [-0.05, 0) is 66.6 Å². The molecule has 4 aliphatic rings. The quantitative estimate of drug-likeness (QED) is 0.193. The summed E-state index contributed by atoms with van der Waals surface area (Å²) in [5.41, 5.74) is 0.547. The normalized spacial score (nSPS) is 29.1. The van der Waals surface area contributed by atoms with Crippen LogP contribution in [0.25, 0.3) is 0 Å². The zero-order valence-corrected chi connectivity index (χ0v) is 30.2. The standard InChI is InChI=1S/C21H32.2C2H6.2CH3.2ClH.I2.Zr/c1-21(2,15-9-3-4-10-15)20-18-13-7-5-11-16(18)17-12-6-8-14-19(17)20;2*1-2;;;;;1-2;/h5,7,11,13,15-20H,3-4,6,8-10,12,14H2,1-2H3;2*1-2H3;2*1H3;2*1H;;/q;;;2*-1;;;;+4/p-2. The monoisotopic (exact) mass is 788 g/mol. The van der Waals surface area contributed by atoms with Gasteiger partial charge in [-0.2, -0.15) is 0 Å². The van der Waals surface area contributed by atoms with Gasteiger partial charge in [0.25, 0.3) is 0 Å². The molecule has 5 heteroatoms. The minimum absolute atomic E-state index is 0. The molecular formula is C27H50Cl2I2Zr. The van der Waals surface area contributed by atoms with Crippen molar-refractivity contribution in [3.05, 3.63) is 39.2 Å². The molecule has 4 rings (SSSR count). The third kappa shape index (κ3) is 10.4. The SMILES string of the molecule is CC.CC.CC(C)(C1CCCC1)C1C2C=CC=CC2C2CCCCC21.II.[CH3-].[CH3-].[Cl][Zr+2][Cl]. The van der Waals surface area contributed by atoms with Gasteiger partial charge in [0, 0.05) is 37.2 Å². The summed E-state index contributed by atoms with van der Waals surface area (Å²) in [6.45, 7) is 13.3. The third-order valence-corrected chi connectivity index (χ3v) is 7.73. The first-order chi connectivity index (χ1) is 14.6. The molecule has 0 nitrogen and oxygen atoms in total. The topological polar surface area (TPSA) is 0 Å². The fraction of sp³-hybridized carbons (Fsp3) is 0.778. The van der Waals surface area contributed by atoms with Crippen molar-refractivity contribution in [1.82, 2.24) is 0 Å². The van der Waals surface area contributed by atoms with E-state index in [4.69, 9.17) is 17.0 Å². The third-order valence-electron chi connectivity index (χ3n) is 7.73. The van der Waals surface area contributed by atoms with Gasteiger partial charge in [-0.3, -0.25) is 0 Å². The van der Waals surface area contributed by atoms with Crippen molar-refractivity contribution in [3.8, 4) is 0 Å². The van der Waals surface area contributed by atoms with Gasteiger partial charge in [-0.15, -0.1) is 0 Å². The van der Waals surface area contributed by atoms with E-state index in [1.807, 2.05) is 27.7 Å². The van der Waals surface area contributed by atoms with Crippen molar-refractivity contribution >= 4 is 54.3 Å². The van der Waals surface area contributed by atoms with E-state index >= 15 is 0 Å². The average molecular weight is 791 g/mol. The van der Waals surface area contributed by atoms with E-state index in [1.54, 1.807) is 0 Å². The molecule has 0 bridgehead atoms. The molecule has 0 saturated heterocycles. The molecule has 0 N–H and O–H groups in total. The molecule has 3 saturated carbocycles. The Hall–Kier alpha value is 2.40. The summed E-state index contributed by atoms with van der Waals surface area (Å²) < 4.78 is 0. The van der Waals surface area contributed by atoms with Crippen LogP contribution in [0.15, 0.2) is 24.3 Å². The molecule has 0 aliphatic heterocycles. The summed E-state index contributed by atoms with van der Waals surface area (Å²) >= 11 is 3.41. The molecule has 0 radical (unpaired) electrons. The first-order valence-corrected chi connectivity index (χ1v) is 24.7. The van der Waals surface area contributed by atoms with Gasteiger partial charge in [-0.1, -0.05) is 91.5 Å². The summed E-state index contributed by atoms with van der Waals surface area (Å²) in [4.78, 5) is 0. The molecule has 0 heterocycles. The van der Waals surface area contributed by atoms with E-state index in [2.05, 4.69) is 75.4 Å². The van der Waals surface area contributed by atoms with E-state index < -0.39 is 20.8 Å². The first-order valence-electron chi connectivity index (χ1n) is 12.1. The molecule has 32 heavy (non-hydrogen) atoms. The molecule has 5 unspecified atom stereocenters. The van der Waals surface area contributed by atoms with Crippen LogP contribution in [0.1, 0.15) is 92.9 Å². The Bertz CT molecular complexity index is 476. The molecule has 5 atom stereocenters. The number of fused-ring (bicyclic) bond motifs is 3. The number of hydrogen-bond acceptors (Lipinski definition) is 0. The summed E-state index contributed by atoms with van der Waals surface area (Å²) in [5.74, 6) is 5.65. The van der Waals surface area contributed by atoms with E-state index in [9.17, 15) is 0 Å². The fourth-order valence-electron chi connectivity index (χ4n) is 6.82. The van der Waals surface area contributed by atoms with Crippen molar-refractivity contribution in [3.63, 3.8) is 0 Å². The first kappa shape index (κ1) is 38.9.